The molecule has 0 atom stereocenters. The van der Waals surface area contributed by atoms with Gasteiger partial charge in [-0.15, -0.1) is 0 Å². The standard InChI is InChI=1S/C28H24FN3O4S/c1-18(2)28-23(13-14-27(33)36-3)24-16-25-19(15-26(24)31(28)21-11-9-20(29)10-12-21)17-30-32(25)37(34,35)22-7-5-4-6-8-22/h4-18H,1-3H3/b14-13+/i13D. The summed E-state index contributed by atoms with van der Waals surface area (Å²) < 4.78 is 57.1. The molecule has 5 aromatic rings. The molecule has 0 aliphatic carbocycles. The maximum absolute atomic E-state index is 13.8. The fraction of sp³-hybridized carbons (Fsp3) is 0.143. The van der Waals surface area contributed by atoms with Crippen LogP contribution >= 0.6 is 0 Å². The molecule has 0 unspecified atom stereocenters. The van der Waals surface area contributed by atoms with Crippen LogP contribution in [0, 0.1) is 5.82 Å². The number of carbonyl (C=O) groups is 1. The predicted octanol–water partition coefficient (Wildman–Crippen LogP) is 5.67. The van der Waals surface area contributed by atoms with E-state index in [-0.39, 0.29) is 16.9 Å². The number of halogens is 1. The number of methoxy groups -OCH3 is 1. The van der Waals surface area contributed by atoms with Gasteiger partial charge in [0.2, 0.25) is 0 Å². The molecule has 3 aromatic carbocycles. The van der Waals surface area contributed by atoms with E-state index in [0.717, 1.165) is 10.2 Å². The van der Waals surface area contributed by atoms with Gasteiger partial charge in [0.05, 0.1) is 30.6 Å². The van der Waals surface area contributed by atoms with E-state index in [1.807, 2.05) is 18.4 Å². The van der Waals surface area contributed by atoms with Crippen LogP contribution in [-0.2, 0) is 19.6 Å². The highest BCUT2D eigenvalue weighted by Gasteiger charge is 2.24. The Kier molecular flexibility index (Phi) is 5.84. The lowest BCUT2D eigenvalue weighted by Crippen LogP contribution is -2.14. The number of hydrogen-bond donors (Lipinski definition) is 0. The molecule has 0 amide bonds. The van der Waals surface area contributed by atoms with Crippen LogP contribution in [0.4, 0.5) is 4.39 Å². The fourth-order valence-electron chi connectivity index (χ4n) is 4.44. The van der Waals surface area contributed by atoms with Crippen molar-refractivity contribution >= 4 is 43.9 Å². The highest BCUT2D eigenvalue weighted by Crippen LogP contribution is 2.37. The van der Waals surface area contributed by atoms with Gasteiger partial charge >= 0.3 is 5.97 Å². The number of esters is 1. The van der Waals surface area contributed by atoms with E-state index in [0.29, 0.717) is 38.8 Å². The van der Waals surface area contributed by atoms with Crippen LogP contribution in [-0.4, -0.2) is 35.2 Å². The Balaban J connectivity index is 1.89. The van der Waals surface area contributed by atoms with Crippen molar-refractivity contribution in [2.45, 2.75) is 24.7 Å². The van der Waals surface area contributed by atoms with Crippen LogP contribution in [0.3, 0.4) is 0 Å². The molecular weight excluding hydrogens is 493 g/mol. The first-order valence-corrected chi connectivity index (χ1v) is 13.0. The van der Waals surface area contributed by atoms with Gasteiger partial charge < -0.3 is 9.30 Å². The van der Waals surface area contributed by atoms with Gasteiger partial charge in [0.15, 0.2) is 0 Å². The van der Waals surface area contributed by atoms with Gasteiger partial charge in [-0.3, -0.25) is 0 Å². The molecular formula is C28H24FN3O4S. The van der Waals surface area contributed by atoms with E-state index < -0.39 is 21.8 Å². The Hall–Kier alpha value is -4.24. The van der Waals surface area contributed by atoms with Gasteiger partial charge in [-0.2, -0.15) is 17.6 Å². The Bertz CT molecular complexity index is 1820. The number of rotatable bonds is 6. The van der Waals surface area contributed by atoms with Crippen LogP contribution in [0.1, 0.15) is 32.4 Å². The molecule has 0 radical (unpaired) electrons. The molecule has 0 saturated heterocycles. The predicted molar refractivity (Wildman–Crippen MR) is 141 cm³/mol. The second-order valence-electron chi connectivity index (χ2n) is 8.77. The molecule has 0 N–H and O–H groups in total. The highest BCUT2D eigenvalue weighted by atomic mass is 32.2. The van der Waals surface area contributed by atoms with Gasteiger partial charge in [0.1, 0.15) is 5.82 Å². The van der Waals surface area contributed by atoms with Crippen molar-refractivity contribution in [3.63, 3.8) is 0 Å². The second kappa shape index (κ2) is 9.33. The van der Waals surface area contributed by atoms with Crippen molar-refractivity contribution in [3.8, 4) is 5.69 Å². The zero-order valence-corrected chi connectivity index (χ0v) is 21.2. The van der Waals surface area contributed by atoms with Crippen molar-refractivity contribution in [1.29, 1.82) is 0 Å². The van der Waals surface area contributed by atoms with Gasteiger partial charge in [0, 0.05) is 33.8 Å². The lowest BCUT2D eigenvalue weighted by atomic mass is 10.0. The number of aromatic nitrogens is 3. The summed E-state index contributed by atoms with van der Waals surface area (Å²) >= 11 is 0. The minimum atomic E-state index is -4.00. The van der Waals surface area contributed by atoms with E-state index in [4.69, 9.17) is 6.11 Å². The smallest absolute Gasteiger partial charge is 0.330 e. The number of nitrogens with zero attached hydrogens (tertiary/aromatic N) is 3. The maximum atomic E-state index is 13.8. The van der Waals surface area contributed by atoms with Crippen molar-refractivity contribution in [2.24, 2.45) is 0 Å². The summed E-state index contributed by atoms with van der Waals surface area (Å²) in [5.74, 6) is -1.20. The molecule has 2 aromatic heterocycles. The molecule has 37 heavy (non-hydrogen) atoms. The third-order valence-corrected chi connectivity index (χ3v) is 7.71. The first kappa shape index (κ1) is 23.2. The number of ether oxygens (including phenoxy) is 1. The summed E-state index contributed by atoms with van der Waals surface area (Å²) in [6.07, 6.45) is 2.55. The van der Waals surface area contributed by atoms with Gasteiger partial charge in [-0.1, -0.05) is 32.0 Å². The highest BCUT2D eigenvalue weighted by molar-refractivity contribution is 7.90. The Morgan fingerprint density at radius 3 is 2.43 bits per heavy atom. The molecule has 0 aliphatic rings. The second-order valence-corrected chi connectivity index (χ2v) is 10.5. The normalized spacial score (nSPS) is 12.9. The average Bonchev–Trinajstić information content (AvgIpc) is 3.47. The molecule has 0 saturated carbocycles. The molecule has 7 nitrogen and oxygen atoms in total. The van der Waals surface area contributed by atoms with Gasteiger partial charge in [-0.05, 0) is 60.5 Å². The van der Waals surface area contributed by atoms with Crippen LogP contribution in [0.5, 0.6) is 0 Å². The molecule has 2 heterocycles. The van der Waals surface area contributed by atoms with Crippen LogP contribution in [0.2, 0.25) is 0 Å². The molecule has 0 spiro atoms. The number of fused-ring (bicyclic) bond motifs is 2. The summed E-state index contributed by atoms with van der Waals surface area (Å²) in [5, 5.41) is 5.29. The summed E-state index contributed by atoms with van der Waals surface area (Å²) in [7, 11) is -2.77. The van der Waals surface area contributed by atoms with Gasteiger partial charge in [-0.25, -0.2) is 9.18 Å². The minimum Gasteiger partial charge on any atom is -0.466 e. The molecule has 188 valence electrons. The van der Waals surface area contributed by atoms with Crippen molar-refractivity contribution in [3.05, 3.63) is 96.1 Å². The third-order valence-electron chi connectivity index (χ3n) is 6.10. The minimum absolute atomic E-state index is 0.0869. The van der Waals surface area contributed by atoms with Crippen molar-refractivity contribution in [1.82, 2.24) is 13.8 Å². The van der Waals surface area contributed by atoms with E-state index in [9.17, 15) is 17.6 Å². The zero-order valence-electron chi connectivity index (χ0n) is 21.3. The Morgan fingerprint density at radius 1 is 1.08 bits per heavy atom. The fourth-order valence-corrected chi connectivity index (χ4v) is 5.73. The Morgan fingerprint density at radius 2 is 1.78 bits per heavy atom. The van der Waals surface area contributed by atoms with Crippen LogP contribution < -0.4 is 0 Å². The quantitative estimate of drug-likeness (QED) is 0.214. The largest absolute Gasteiger partial charge is 0.466 e. The number of carbonyl (C=O) groups excluding carboxylic acids is 1. The summed E-state index contributed by atoms with van der Waals surface area (Å²) in [4.78, 5) is 12.2. The first-order chi connectivity index (χ1) is 18.1. The molecule has 9 heteroatoms. The molecule has 5 rings (SSSR count). The van der Waals surface area contributed by atoms with E-state index in [1.54, 1.807) is 42.5 Å². The Labute approximate surface area is 214 Å². The lowest BCUT2D eigenvalue weighted by Gasteiger charge is -2.14. The summed E-state index contributed by atoms with van der Waals surface area (Å²) in [5.41, 5.74) is 2.77. The van der Waals surface area contributed by atoms with E-state index in [1.165, 1.54) is 37.6 Å². The van der Waals surface area contributed by atoms with Crippen LogP contribution in [0.15, 0.2) is 83.9 Å². The SMILES string of the molecule is [2H]/C(=C\C(=O)OC)c1c(C(C)C)n(-c2ccc(F)cc2)c2cc3cnn(S(=O)(=O)c4ccccc4)c3cc12. The van der Waals surface area contributed by atoms with Crippen molar-refractivity contribution in [2.75, 3.05) is 7.11 Å². The van der Waals surface area contributed by atoms with Crippen LogP contribution in [0.25, 0.3) is 33.5 Å². The monoisotopic (exact) mass is 518 g/mol. The molecule has 0 bridgehead atoms. The average molecular weight is 519 g/mol. The number of hydrogen-bond acceptors (Lipinski definition) is 5. The van der Waals surface area contributed by atoms with Crippen molar-refractivity contribution < 1.29 is 23.7 Å². The maximum Gasteiger partial charge on any atom is 0.330 e. The molecule has 0 fully saturated rings. The topological polar surface area (TPSA) is 83.2 Å². The number of benzene rings is 3. The first-order valence-electron chi connectivity index (χ1n) is 12.0. The third kappa shape index (κ3) is 4.21. The van der Waals surface area contributed by atoms with E-state index >= 15 is 0 Å². The lowest BCUT2D eigenvalue weighted by molar-refractivity contribution is -0.134. The summed E-state index contributed by atoms with van der Waals surface area (Å²) in [6, 6.07) is 17.3. The molecule has 0 aliphatic heterocycles. The zero-order chi connectivity index (χ0) is 27.2. The van der Waals surface area contributed by atoms with E-state index in [2.05, 4.69) is 5.10 Å². The summed E-state index contributed by atoms with van der Waals surface area (Å²) in [6.45, 7) is 3.90. The van der Waals surface area contributed by atoms with Gasteiger partial charge in [0.25, 0.3) is 10.0 Å².